The molecule has 4 aromatic rings. The fourth-order valence-electron chi connectivity index (χ4n) is 2.88. The number of aromatic nitrogens is 4. The standard InChI is InChI=1S/C21H20N6OS/c1-26(13-16-12-22-27(14-16)18-10-6-3-7-11-18)15-19-24-25-21(29-19)20(28)23-17-8-4-2-5-9-17/h2-12,14H,13,15H2,1H3,(H,23,28). The molecule has 146 valence electrons. The van der Waals surface area contributed by atoms with Gasteiger partial charge in [-0.2, -0.15) is 5.10 Å². The molecule has 0 spiro atoms. The van der Waals surface area contributed by atoms with Crippen molar-refractivity contribution in [2.75, 3.05) is 12.4 Å². The molecule has 0 bridgehead atoms. The van der Waals surface area contributed by atoms with Crippen molar-refractivity contribution in [2.45, 2.75) is 13.1 Å². The van der Waals surface area contributed by atoms with E-state index in [1.165, 1.54) is 11.3 Å². The largest absolute Gasteiger partial charge is 0.320 e. The molecule has 0 aliphatic carbocycles. The monoisotopic (exact) mass is 404 g/mol. The molecule has 0 radical (unpaired) electrons. The maximum atomic E-state index is 12.3. The third kappa shape index (κ3) is 4.92. The molecule has 0 saturated carbocycles. The predicted octanol–water partition coefficient (Wildman–Crippen LogP) is 3.61. The number of hydrogen-bond donors (Lipinski definition) is 1. The van der Waals surface area contributed by atoms with Gasteiger partial charge in [-0.3, -0.25) is 9.69 Å². The average molecular weight is 404 g/mol. The Morgan fingerprint density at radius 2 is 1.76 bits per heavy atom. The number of nitrogens with zero attached hydrogens (tertiary/aromatic N) is 5. The number of amides is 1. The minimum absolute atomic E-state index is 0.244. The van der Waals surface area contributed by atoms with Gasteiger partial charge in [-0.15, -0.1) is 10.2 Å². The van der Waals surface area contributed by atoms with Crippen LogP contribution >= 0.6 is 11.3 Å². The van der Waals surface area contributed by atoms with Crippen LogP contribution < -0.4 is 5.32 Å². The lowest BCUT2D eigenvalue weighted by Crippen LogP contribution is -2.16. The van der Waals surface area contributed by atoms with Crippen LogP contribution in [0.1, 0.15) is 20.4 Å². The van der Waals surface area contributed by atoms with E-state index in [9.17, 15) is 4.79 Å². The molecule has 7 nitrogen and oxygen atoms in total. The summed E-state index contributed by atoms with van der Waals surface area (Å²) < 4.78 is 1.86. The second kappa shape index (κ2) is 8.76. The van der Waals surface area contributed by atoms with Gasteiger partial charge in [0.2, 0.25) is 5.01 Å². The fraction of sp³-hybridized carbons (Fsp3) is 0.143. The van der Waals surface area contributed by atoms with Gasteiger partial charge in [0.25, 0.3) is 5.91 Å². The topological polar surface area (TPSA) is 75.9 Å². The van der Waals surface area contributed by atoms with Crippen molar-refractivity contribution in [3.05, 3.63) is 88.6 Å². The van der Waals surface area contributed by atoms with Crippen LogP contribution in [-0.2, 0) is 13.1 Å². The molecule has 1 N–H and O–H groups in total. The molecule has 0 aliphatic rings. The molecule has 0 saturated heterocycles. The molecular weight excluding hydrogens is 384 g/mol. The van der Waals surface area contributed by atoms with Crippen LogP contribution in [0.25, 0.3) is 5.69 Å². The molecule has 0 fully saturated rings. The van der Waals surface area contributed by atoms with Gasteiger partial charge in [0.05, 0.1) is 18.4 Å². The smallest absolute Gasteiger partial charge is 0.286 e. The fourth-order valence-corrected chi connectivity index (χ4v) is 3.69. The van der Waals surface area contributed by atoms with E-state index in [0.29, 0.717) is 11.6 Å². The van der Waals surface area contributed by atoms with Gasteiger partial charge >= 0.3 is 0 Å². The van der Waals surface area contributed by atoms with Crippen LogP contribution in [0.3, 0.4) is 0 Å². The molecule has 2 aromatic heterocycles. The van der Waals surface area contributed by atoms with Crippen LogP contribution in [-0.4, -0.2) is 37.8 Å². The number of rotatable bonds is 7. The summed E-state index contributed by atoms with van der Waals surface area (Å²) in [5.41, 5.74) is 2.87. The maximum Gasteiger partial charge on any atom is 0.286 e. The van der Waals surface area contributed by atoms with Gasteiger partial charge in [-0.25, -0.2) is 4.68 Å². The number of benzene rings is 2. The lowest BCUT2D eigenvalue weighted by Gasteiger charge is -2.12. The summed E-state index contributed by atoms with van der Waals surface area (Å²) >= 11 is 1.30. The summed E-state index contributed by atoms with van der Waals surface area (Å²) in [4.78, 5) is 14.4. The quantitative estimate of drug-likeness (QED) is 0.509. The van der Waals surface area contributed by atoms with Crippen molar-refractivity contribution in [1.29, 1.82) is 0 Å². The Bertz CT molecular complexity index is 1080. The number of nitrogens with one attached hydrogen (secondary N) is 1. The molecule has 0 atom stereocenters. The summed E-state index contributed by atoms with van der Waals surface area (Å²) in [5, 5.41) is 16.6. The molecule has 1 amide bonds. The highest BCUT2D eigenvalue weighted by Crippen LogP contribution is 2.16. The van der Waals surface area contributed by atoms with E-state index in [4.69, 9.17) is 0 Å². The van der Waals surface area contributed by atoms with E-state index in [2.05, 4.69) is 25.5 Å². The number of para-hydroxylation sites is 2. The lowest BCUT2D eigenvalue weighted by molar-refractivity contribution is 0.102. The van der Waals surface area contributed by atoms with Crippen molar-refractivity contribution >= 4 is 22.9 Å². The van der Waals surface area contributed by atoms with Crippen molar-refractivity contribution in [2.24, 2.45) is 0 Å². The highest BCUT2D eigenvalue weighted by molar-refractivity contribution is 7.13. The Hall–Kier alpha value is -3.36. The first-order valence-electron chi connectivity index (χ1n) is 9.14. The van der Waals surface area contributed by atoms with E-state index < -0.39 is 0 Å². The van der Waals surface area contributed by atoms with Crippen molar-refractivity contribution in [3.63, 3.8) is 0 Å². The molecule has 29 heavy (non-hydrogen) atoms. The zero-order valence-corrected chi connectivity index (χ0v) is 16.7. The summed E-state index contributed by atoms with van der Waals surface area (Å²) in [6, 6.07) is 19.3. The first-order valence-corrected chi connectivity index (χ1v) is 9.95. The van der Waals surface area contributed by atoms with Gasteiger partial charge in [0.15, 0.2) is 0 Å². The van der Waals surface area contributed by atoms with E-state index in [-0.39, 0.29) is 5.91 Å². The van der Waals surface area contributed by atoms with Gasteiger partial charge in [0.1, 0.15) is 5.01 Å². The van der Waals surface area contributed by atoms with Crippen molar-refractivity contribution < 1.29 is 4.79 Å². The van der Waals surface area contributed by atoms with Crippen LogP contribution in [0.5, 0.6) is 0 Å². The van der Waals surface area contributed by atoms with Crippen LogP contribution in [0.4, 0.5) is 5.69 Å². The molecular formula is C21H20N6OS. The first kappa shape index (κ1) is 19.0. The van der Waals surface area contributed by atoms with Gasteiger partial charge in [-0.05, 0) is 31.3 Å². The number of carbonyl (C=O) groups is 1. The molecule has 4 rings (SSSR count). The summed E-state index contributed by atoms with van der Waals surface area (Å²) in [6.45, 7) is 1.32. The SMILES string of the molecule is CN(Cc1cnn(-c2ccccc2)c1)Cc1nnc(C(=O)Nc2ccccc2)s1. The zero-order chi connectivity index (χ0) is 20.1. The Balaban J connectivity index is 1.34. The molecule has 0 aliphatic heterocycles. The summed E-state index contributed by atoms with van der Waals surface area (Å²) in [5.74, 6) is -0.244. The van der Waals surface area contributed by atoms with E-state index in [1.54, 1.807) is 0 Å². The first-order chi connectivity index (χ1) is 14.2. The van der Waals surface area contributed by atoms with Crippen molar-refractivity contribution in [1.82, 2.24) is 24.9 Å². The minimum atomic E-state index is -0.244. The highest BCUT2D eigenvalue weighted by atomic mass is 32.1. The third-order valence-electron chi connectivity index (χ3n) is 4.21. The van der Waals surface area contributed by atoms with Gasteiger partial charge in [0, 0.05) is 24.0 Å². The van der Waals surface area contributed by atoms with Crippen LogP contribution in [0.2, 0.25) is 0 Å². The van der Waals surface area contributed by atoms with Gasteiger partial charge in [-0.1, -0.05) is 47.7 Å². The maximum absolute atomic E-state index is 12.3. The highest BCUT2D eigenvalue weighted by Gasteiger charge is 2.14. The lowest BCUT2D eigenvalue weighted by atomic mass is 10.3. The molecule has 2 aromatic carbocycles. The predicted molar refractivity (Wildman–Crippen MR) is 113 cm³/mol. The van der Waals surface area contributed by atoms with Crippen LogP contribution in [0, 0.1) is 0 Å². The number of anilines is 1. The Labute approximate surface area is 172 Å². The van der Waals surface area contributed by atoms with E-state index >= 15 is 0 Å². The Morgan fingerprint density at radius 3 is 2.52 bits per heavy atom. The van der Waals surface area contributed by atoms with Gasteiger partial charge < -0.3 is 5.32 Å². The second-order valence-electron chi connectivity index (χ2n) is 6.62. The summed E-state index contributed by atoms with van der Waals surface area (Å²) in [6.07, 6.45) is 3.88. The zero-order valence-electron chi connectivity index (χ0n) is 15.9. The Kier molecular flexibility index (Phi) is 5.73. The second-order valence-corrected chi connectivity index (χ2v) is 7.68. The minimum Gasteiger partial charge on any atom is -0.320 e. The molecule has 2 heterocycles. The van der Waals surface area contributed by atoms with E-state index in [0.717, 1.165) is 28.5 Å². The van der Waals surface area contributed by atoms with Crippen molar-refractivity contribution in [3.8, 4) is 5.69 Å². The summed E-state index contributed by atoms with van der Waals surface area (Å²) in [7, 11) is 2.00. The third-order valence-corrected chi connectivity index (χ3v) is 5.11. The average Bonchev–Trinajstić information content (AvgIpc) is 3.39. The number of hydrogen-bond acceptors (Lipinski definition) is 6. The Morgan fingerprint density at radius 1 is 1.03 bits per heavy atom. The number of carbonyl (C=O) groups excluding carboxylic acids is 1. The van der Waals surface area contributed by atoms with Crippen LogP contribution in [0.15, 0.2) is 73.1 Å². The molecule has 8 heteroatoms. The van der Waals surface area contributed by atoms with E-state index in [1.807, 2.05) is 84.8 Å². The normalized spacial score (nSPS) is 11.0. The molecule has 0 unspecified atom stereocenters.